The van der Waals surface area contributed by atoms with Crippen LogP contribution in [0.15, 0.2) is 24.3 Å². The summed E-state index contributed by atoms with van der Waals surface area (Å²) < 4.78 is 13.6. The minimum atomic E-state index is -0.107. The summed E-state index contributed by atoms with van der Waals surface area (Å²) >= 11 is 0. The first kappa shape index (κ1) is 9.66. The Morgan fingerprint density at radius 1 is 1.50 bits per heavy atom. The molecule has 1 fully saturated rings. The zero-order chi connectivity index (χ0) is 10.2. The van der Waals surface area contributed by atoms with Crippen LogP contribution in [0.4, 0.5) is 4.39 Å². The van der Waals surface area contributed by atoms with Gasteiger partial charge in [-0.2, -0.15) is 0 Å². The van der Waals surface area contributed by atoms with Gasteiger partial charge in [0, 0.05) is 12.0 Å². The third-order valence-electron chi connectivity index (χ3n) is 3.74. The summed E-state index contributed by atoms with van der Waals surface area (Å²) in [5.74, 6) is 0.397. The summed E-state index contributed by atoms with van der Waals surface area (Å²) in [7, 11) is 0. The SMILES string of the molecule is CC1CCC1(CN)c1ccccc1F. The molecule has 1 nitrogen and oxygen atoms in total. The van der Waals surface area contributed by atoms with Crippen molar-refractivity contribution in [3.05, 3.63) is 35.6 Å². The lowest BCUT2D eigenvalue weighted by Crippen LogP contribution is -2.49. The summed E-state index contributed by atoms with van der Waals surface area (Å²) in [6.45, 7) is 2.71. The summed E-state index contributed by atoms with van der Waals surface area (Å²) in [5.41, 5.74) is 6.51. The first-order valence-electron chi connectivity index (χ1n) is 5.16. The second kappa shape index (κ2) is 3.35. The quantitative estimate of drug-likeness (QED) is 0.767. The molecule has 1 aromatic rings. The Labute approximate surface area is 84.1 Å². The maximum atomic E-state index is 13.6. The molecule has 0 bridgehead atoms. The lowest BCUT2D eigenvalue weighted by atomic mass is 9.57. The van der Waals surface area contributed by atoms with Crippen molar-refractivity contribution in [2.75, 3.05) is 6.54 Å². The molecule has 0 spiro atoms. The molecule has 0 saturated heterocycles. The Hall–Kier alpha value is -0.890. The predicted molar refractivity (Wildman–Crippen MR) is 55.5 cm³/mol. The largest absolute Gasteiger partial charge is 0.330 e. The van der Waals surface area contributed by atoms with Gasteiger partial charge in [-0.1, -0.05) is 25.1 Å². The zero-order valence-electron chi connectivity index (χ0n) is 8.46. The zero-order valence-corrected chi connectivity index (χ0v) is 8.46. The topological polar surface area (TPSA) is 26.0 Å². The van der Waals surface area contributed by atoms with Crippen LogP contribution in [0, 0.1) is 11.7 Å². The maximum Gasteiger partial charge on any atom is 0.127 e. The average molecular weight is 193 g/mol. The molecule has 0 aliphatic heterocycles. The highest BCUT2D eigenvalue weighted by Crippen LogP contribution is 2.48. The van der Waals surface area contributed by atoms with Crippen LogP contribution in [0.1, 0.15) is 25.3 Å². The van der Waals surface area contributed by atoms with E-state index >= 15 is 0 Å². The highest BCUT2D eigenvalue weighted by Gasteiger charge is 2.45. The Bertz CT molecular complexity index is 333. The molecule has 1 aliphatic carbocycles. The van der Waals surface area contributed by atoms with Crippen molar-refractivity contribution >= 4 is 0 Å². The molecule has 0 amide bonds. The van der Waals surface area contributed by atoms with E-state index in [-0.39, 0.29) is 11.2 Å². The van der Waals surface area contributed by atoms with Crippen molar-refractivity contribution in [2.45, 2.75) is 25.2 Å². The third-order valence-corrected chi connectivity index (χ3v) is 3.74. The molecule has 0 aromatic heterocycles. The van der Waals surface area contributed by atoms with E-state index in [4.69, 9.17) is 5.73 Å². The minimum Gasteiger partial charge on any atom is -0.330 e. The average Bonchev–Trinajstić information content (AvgIpc) is 2.20. The van der Waals surface area contributed by atoms with Gasteiger partial charge in [-0.25, -0.2) is 4.39 Å². The smallest absolute Gasteiger partial charge is 0.127 e. The Morgan fingerprint density at radius 3 is 2.64 bits per heavy atom. The molecule has 2 unspecified atom stereocenters. The van der Waals surface area contributed by atoms with Gasteiger partial charge < -0.3 is 5.73 Å². The highest BCUT2D eigenvalue weighted by atomic mass is 19.1. The van der Waals surface area contributed by atoms with Crippen molar-refractivity contribution in [1.29, 1.82) is 0 Å². The molecule has 1 saturated carbocycles. The summed E-state index contributed by atoms with van der Waals surface area (Å²) in [4.78, 5) is 0. The van der Waals surface area contributed by atoms with Crippen LogP contribution < -0.4 is 5.73 Å². The van der Waals surface area contributed by atoms with Gasteiger partial charge in [-0.05, 0) is 30.4 Å². The predicted octanol–water partition coefficient (Wildman–Crippen LogP) is 2.45. The molecule has 14 heavy (non-hydrogen) atoms. The molecule has 76 valence electrons. The molecule has 2 rings (SSSR count). The van der Waals surface area contributed by atoms with Crippen LogP contribution in [0.2, 0.25) is 0 Å². The minimum absolute atomic E-state index is 0.0919. The van der Waals surface area contributed by atoms with E-state index < -0.39 is 0 Å². The van der Waals surface area contributed by atoms with E-state index in [0.717, 1.165) is 18.4 Å². The first-order chi connectivity index (χ1) is 6.70. The fourth-order valence-electron chi connectivity index (χ4n) is 2.46. The molecule has 0 radical (unpaired) electrons. The molecule has 2 atom stereocenters. The lowest BCUT2D eigenvalue weighted by molar-refractivity contribution is 0.141. The molecule has 2 heteroatoms. The van der Waals surface area contributed by atoms with Crippen LogP contribution in [0.3, 0.4) is 0 Å². The Morgan fingerprint density at radius 2 is 2.21 bits per heavy atom. The van der Waals surface area contributed by atoms with Crippen LogP contribution in [-0.2, 0) is 5.41 Å². The number of rotatable bonds is 2. The van der Waals surface area contributed by atoms with Gasteiger partial charge in [-0.15, -0.1) is 0 Å². The van der Waals surface area contributed by atoms with Crippen LogP contribution in [0.5, 0.6) is 0 Å². The van der Waals surface area contributed by atoms with Gasteiger partial charge >= 0.3 is 0 Å². The van der Waals surface area contributed by atoms with E-state index in [1.165, 1.54) is 6.07 Å². The molecule has 1 aromatic carbocycles. The maximum absolute atomic E-state index is 13.6. The van der Waals surface area contributed by atoms with Gasteiger partial charge in [0.2, 0.25) is 0 Å². The van der Waals surface area contributed by atoms with Crippen LogP contribution in [0.25, 0.3) is 0 Å². The fraction of sp³-hybridized carbons (Fsp3) is 0.500. The number of hydrogen-bond acceptors (Lipinski definition) is 1. The lowest BCUT2D eigenvalue weighted by Gasteiger charge is -2.48. The number of halogens is 1. The molecular weight excluding hydrogens is 177 g/mol. The van der Waals surface area contributed by atoms with Crippen LogP contribution >= 0.6 is 0 Å². The normalized spacial score (nSPS) is 31.2. The number of benzene rings is 1. The summed E-state index contributed by atoms with van der Waals surface area (Å²) in [6, 6.07) is 7.02. The van der Waals surface area contributed by atoms with Gasteiger partial charge in [0.15, 0.2) is 0 Å². The number of nitrogens with two attached hydrogens (primary N) is 1. The van der Waals surface area contributed by atoms with Gasteiger partial charge in [-0.3, -0.25) is 0 Å². The van der Waals surface area contributed by atoms with E-state index in [9.17, 15) is 4.39 Å². The summed E-state index contributed by atoms with van der Waals surface area (Å²) in [6.07, 6.45) is 2.18. The molecule has 2 N–H and O–H groups in total. The monoisotopic (exact) mass is 193 g/mol. The van der Waals surface area contributed by atoms with Crippen molar-refractivity contribution in [2.24, 2.45) is 11.7 Å². The molecule has 1 aliphatic rings. The van der Waals surface area contributed by atoms with Crippen molar-refractivity contribution in [3.63, 3.8) is 0 Å². The first-order valence-corrected chi connectivity index (χ1v) is 5.16. The summed E-state index contributed by atoms with van der Waals surface area (Å²) in [5, 5.41) is 0. The van der Waals surface area contributed by atoms with E-state index in [1.807, 2.05) is 12.1 Å². The van der Waals surface area contributed by atoms with E-state index in [2.05, 4.69) is 6.92 Å². The Balaban J connectivity index is 2.42. The van der Waals surface area contributed by atoms with E-state index in [0.29, 0.717) is 12.5 Å². The third kappa shape index (κ3) is 1.17. The fourth-order valence-corrected chi connectivity index (χ4v) is 2.46. The highest BCUT2D eigenvalue weighted by molar-refractivity contribution is 5.31. The second-order valence-corrected chi connectivity index (χ2v) is 4.28. The van der Waals surface area contributed by atoms with Crippen LogP contribution in [-0.4, -0.2) is 6.54 Å². The second-order valence-electron chi connectivity index (χ2n) is 4.28. The Kier molecular flexibility index (Phi) is 2.31. The van der Waals surface area contributed by atoms with Gasteiger partial charge in [0.25, 0.3) is 0 Å². The standard InChI is InChI=1S/C12H16FN/c1-9-6-7-12(9,8-14)10-4-2-3-5-11(10)13/h2-5,9H,6-8,14H2,1H3. The molecule has 0 heterocycles. The van der Waals surface area contributed by atoms with Crippen molar-refractivity contribution < 1.29 is 4.39 Å². The van der Waals surface area contributed by atoms with Gasteiger partial charge in [0.1, 0.15) is 5.82 Å². The molecular formula is C12H16FN. The van der Waals surface area contributed by atoms with Crippen molar-refractivity contribution in [1.82, 2.24) is 0 Å². The number of hydrogen-bond donors (Lipinski definition) is 1. The van der Waals surface area contributed by atoms with Gasteiger partial charge in [0.05, 0.1) is 0 Å². The van der Waals surface area contributed by atoms with Crippen molar-refractivity contribution in [3.8, 4) is 0 Å². The van der Waals surface area contributed by atoms with E-state index in [1.54, 1.807) is 6.07 Å².